The average molecular weight is 262 g/mol. The van der Waals surface area contributed by atoms with Crippen molar-refractivity contribution in [3.05, 3.63) is 0 Å². The lowest BCUT2D eigenvalue weighted by atomic mass is 10.2. The van der Waals surface area contributed by atoms with Crippen molar-refractivity contribution in [3.8, 4) is 0 Å². The Labute approximate surface area is 105 Å². The van der Waals surface area contributed by atoms with Crippen LogP contribution in [0.15, 0.2) is 0 Å². The number of hydrogen-bond acceptors (Lipinski definition) is 5. The van der Waals surface area contributed by atoms with Gasteiger partial charge in [0.2, 0.25) is 5.91 Å². The van der Waals surface area contributed by atoms with Crippen LogP contribution in [-0.4, -0.2) is 41.8 Å². The molecule has 2 N–H and O–H groups in total. The molecule has 1 aliphatic heterocycles. The Bertz CT molecular complexity index is 309. The Balaban J connectivity index is 2.49. The number of thiocarbonyl (C=S) groups is 1. The SMILES string of the molecule is COC(=O)[C@H](CS)NC(=O)[C@H]1CCC(=S)N1. The molecule has 1 rings (SSSR count). The Morgan fingerprint density at radius 1 is 1.75 bits per heavy atom. The second-order valence-corrected chi connectivity index (χ2v) is 4.28. The Morgan fingerprint density at radius 2 is 2.44 bits per heavy atom. The summed E-state index contributed by atoms with van der Waals surface area (Å²) in [5.41, 5.74) is 0. The second kappa shape index (κ2) is 6.05. The van der Waals surface area contributed by atoms with Crippen molar-refractivity contribution in [1.29, 1.82) is 0 Å². The summed E-state index contributed by atoms with van der Waals surface area (Å²) in [5.74, 6) is -0.538. The summed E-state index contributed by atoms with van der Waals surface area (Å²) in [6, 6.07) is -1.06. The highest BCUT2D eigenvalue weighted by Crippen LogP contribution is 2.08. The molecule has 16 heavy (non-hydrogen) atoms. The van der Waals surface area contributed by atoms with E-state index in [4.69, 9.17) is 12.2 Å². The molecular formula is C9H14N2O3S2. The summed E-state index contributed by atoms with van der Waals surface area (Å²) in [4.78, 5) is 23.6. The van der Waals surface area contributed by atoms with Crippen molar-refractivity contribution in [1.82, 2.24) is 10.6 Å². The monoisotopic (exact) mass is 262 g/mol. The van der Waals surface area contributed by atoms with Gasteiger partial charge in [0.1, 0.15) is 12.1 Å². The third kappa shape index (κ3) is 3.34. The fraction of sp³-hybridized carbons (Fsp3) is 0.667. The van der Waals surface area contributed by atoms with Gasteiger partial charge in [-0.1, -0.05) is 12.2 Å². The molecule has 1 amide bonds. The summed E-state index contributed by atoms with van der Waals surface area (Å²) in [6.07, 6.45) is 1.36. The molecule has 1 saturated heterocycles. The van der Waals surface area contributed by atoms with E-state index in [1.807, 2.05) is 0 Å². The van der Waals surface area contributed by atoms with Crippen molar-refractivity contribution in [2.75, 3.05) is 12.9 Å². The van der Waals surface area contributed by atoms with Gasteiger partial charge in [-0.2, -0.15) is 12.6 Å². The standard InChI is InChI=1S/C9H14N2O3S2/c1-14-9(13)6(4-15)11-8(12)5-2-3-7(16)10-5/h5-6,15H,2-4H2,1H3,(H,10,16)(H,11,12)/t5-,6+/m1/s1. The molecule has 0 aromatic heterocycles. The highest BCUT2D eigenvalue weighted by Gasteiger charge is 2.28. The minimum absolute atomic E-state index is 0.204. The van der Waals surface area contributed by atoms with Crippen LogP contribution < -0.4 is 10.6 Å². The van der Waals surface area contributed by atoms with Crippen LogP contribution in [0, 0.1) is 0 Å². The molecule has 0 unspecified atom stereocenters. The average Bonchev–Trinajstić information content (AvgIpc) is 2.71. The lowest BCUT2D eigenvalue weighted by Crippen LogP contribution is -2.49. The summed E-state index contributed by atoms with van der Waals surface area (Å²) in [7, 11) is 1.27. The Kier molecular flexibility index (Phi) is 5.01. The fourth-order valence-electron chi connectivity index (χ4n) is 1.40. The predicted octanol–water partition coefficient (Wildman–Crippen LogP) is -0.347. The first-order chi connectivity index (χ1) is 7.58. The molecule has 0 radical (unpaired) electrons. The maximum Gasteiger partial charge on any atom is 0.329 e. The number of hydrogen-bond donors (Lipinski definition) is 3. The van der Waals surface area contributed by atoms with Gasteiger partial charge in [-0.15, -0.1) is 0 Å². The van der Waals surface area contributed by atoms with Crippen molar-refractivity contribution in [2.45, 2.75) is 24.9 Å². The van der Waals surface area contributed by atoms with E-state index in [1.54, 1.807) is 0 Å². The zero-order valence-corrected chi connectivity index (χ0v) is 10.6. The number of ether oxygens (including phenoxy) is 1. The molecular weight excluding hydrogens is 248 g/mol. The Hall–Kier alpha value is -0.820. The molecule has 90 valence electrons. The second-order valence-electron chi connectivity index (χ2n) is 3.43. The van der Waals surface area contributed by atoms with E-state index < -0.39 is 12.0 Å². The smallest absolute Gasteiger partial charge is 0.329 e. The quantitative estimate of drug-likeness (QED) is 0.367. The topological polar surface area (TPSA) is 67.4 Å². The van der Waals surface area contributed by atoms with E-state index in [9.17, 15) is 9.59 Å². The lowest BCUT2D eigenvalue weighted by Gasteiger charge is -2.17. The van der Waals surface area contributed by atoms with Gasteiger partial charge in [0, 0.05) is 12.2 Å². The zero-order chi connectivity index (χ0) is 12.1. The molecule has 1 aliphatic rings. The number of nitrogens with one attached hydrogen (secondary N) is 2. The normalized spacial score (nSPS) is 21.1. The van der Waals surface area contributed by atoms with Gasteiger partial charge in [0.25, 0.3) is 0 Å². The fourth-order valence-corrected chi connectivity index (χ4v) is 1.90. The van der Waals surface area contributed by atoms with E-state index in [-0.39, 0.29) is 17.7 Å². The van der Waals surface area contributed by atoms with Gasteiger partial charge < -0.3 is 15.4 Å². The minimum Gasteiger partial charge on any atom is -0.467 e. The molecule has 1 fully saturated rings. The first kappa shape index (κ1) is 13.2. The van der Waals surface area contributed by atoms with Gasteiger partial charge in [-0.05, 0) is 6.42 Å². The van der Waals surface area contributed by atoms with Crippen LogP contribution in [0.4, 0.5) is 0 Å². The highest BCUT2D eigenvalue weighted by atomic mass is 32.1. The van der Waals surface area contributed by atoms with Gasteiger partial charge in [0.05, 0.1) is 12.1 Å². The van der Waals surface area contributed by atoms with Crippen LogP contribution in [-0.2, 0) is 14.3 Å². The van der Waals surface area contributed by atoms with Crippen LogP contribution in [0.3, 0.4) is 0 Å². The molecule has 0 aromatic carbocycles. The van der Waals surface area contributed by atoms with E-state index >= 15 is 0 Å². The third-order valence-electron chi connectivity index (χ3n) is 2.30. The number of methoxy groups -OCH3 is 1. The van der Waals surface area contributed by atoms with Crippen LogP contribution >= 0.6 is 24.8 Å². The van der Waals surface area contributed by atoms with E-state index in [1.165, 1.54) is 7.11 Å². The first-order valence-corrected chi connectivity index (χ1v) is 5.91. The number of carbonyl (C=O) groups excluding carboxylic acids is 2. The third-order valence-corrected chi connectivity index (χ3v) is 2.98. The van der Waals surface area contributed by atoms with Gasteiger partial charge in [-0.25, -0.2) is 4.79 Å². The maximum atomic E-state index is 11.7. The Morgan fingerprint density at radius 3 is 2.88 bits per heavy atom. The molecule has 2 atom stereocenters. The zero-order valence-electron chi connectivity index (χ0n) is 8.86. The highest BCUT2D eigenvalue weighted by molar-refractivity contribution is 7.80. The van der Waals surface area contributed by atoms with Gasteiger partial charge >= 0.3 is 5.97 Å². The van der Waals surface area contributed by atoms with Crippen LogP contribution in [0.25, 0.3) is 0 Å². The largest absolute Gasteiger partial charge is 0.467 e. The molecule has 0 bridgehead atoms. The number of amides is 1. The molecule has 0 saturated carbocycles. The maximum absolute atomic E-state index is 11.7. The summed E-state index contributed by atoms with van der Waals surface area (Å²) >= 11 is 8.92. The van der Waals surface area contributed by atoms with E-state index in [2.05, 4.69) is 28.0 Å². The number of rotatable bonds is 4. The molecule has 5 nitrogen and oxygen atoms in total. The van der Waals surface area contributed by atoms with Crippen LogP contribution in [0.2, 0.25) is 0 Å². The van der Waals surface area contributed by atoms with Gasteiger partial charge in [0.15, 0.2) is 0 Å². The molecule has 0 spiro atoms. The number of carbonyl (C=O) groups is 2. The minimum atomic E-state index is -0.711. The van der Waals surface area contributed by atoms with E-state index in [0.29, 0.717) is 17.8 Å². The lowest BCUT2D eigenvalue weighted by molar-refractivity contribution is -0.144. The van der Waals surface area contributed by atoms with Crippen LogP contribution in [0.1, 0.15) is 12.8 Å². The molecule has 1 heterocycles. The van der Waals surface area contributed by atoms with Crippen molar-refractivity contribution >= 4 is 41.7 Å². The molecule has 0 aliphatic carbocycles. The van der Waals surface area contributed by atoms with Crippen molar-refractivity contribution in [3.63, 3.8) is 0 Å². The number of esters is 1. The molecule has 7 heteroatoms. The summed E-state index contributed by atoms with van der Waals surface area (Å²) in [6.45, 7) is 0. The number of thiol groups is 1. The van der Waals surface area contributed by atoms with Crippen molar-refractivity contribution in [2.24, 2.45) is 0 Å². The van der Waals surface area contributed by atoms with Gasteiger partial charge in [-0.3, -0.25) is 4.79 Å². The molecule has 0 aromatic rings. The summed E-state index contributed by atoms with van der Waals surface area (Å²) in [5, 5.41) is 5.45. The van der Waals surface area contributed by atoms with Crippen LogP contribution in [0.5, 0.6) is 0 Å². The predicted molar refractivity (Wildman–Crippen MR) is 66.6 cm³/mol. The first-order valence-electron chi connectivity index (χ1n) is 4.87. The summed E-state index contributed by atoms with van der Waals surface area (Å²) < 4.78 is 4.54. The van der Waals surface area contributed by atoms with E-state index in [0.717, 1.165) is 0 Å². The van der Waals surface area contributed by atoms with Crippen molar-refractivity contribution < 1.29 is 14.3 Å².